The van der Waals surface area contributed by atoms with Crippen LogP contribution < -0.4 is 5.32 Å². The van der Waals surface area contributed by atoms with Gasteiger partial charge in [-0.05, 0) is 50.6 Å². The molecule has 0 aromatic carbocycles. The second-order valence-corrected chi connectivity index (χ2v) is 4.59. The van der Waals surface area contributed by atoms with Crippen LogP contribution in [-0.2, 0) is 0 Å². The lowest BCUT2D eigenvalue weighted by Crippen LogP contribution is -2.20. The average molecular weight is 185 g/mol. The Morgan fingerprint density at radius 3 is 2.77 bits per heavy atom. The van der Waals surface area contributed by atoms with Crippen molar-refractivity contribution < 1.29 is 5.11 Å². The highest BCUT2D eigenvalue weighted by Gasteiger charge is 2.18. The van der Waals surface area contributed by atoms with E-state index in [-0.39, 0.29) is 6.10 Å². The van der Waals surface area contributed by atoms with Gasteiger partial charge in [0.1, 0.15) is 0 Å². The standard InChI is InChI=1S/C11H23NO/c1-9(2)11(13)8-10-4-3-6-12-7-5-10/h9-13H,3-8H2,1-2H3. The van der Waals surface area contributed by atoms with Crippen molar-refractivity contribution in [2.45, 2.75) is 45.6 Å². The Bertz CT molecular complexity index is 128. The molecule has 0 saturated carbocycles. The van der Waals surface area contributed by atoms with Crippen molar-refractivity contribution in [1.29, 1.82) is 0 Å². The van der Waals surface area contributed by atoms with E-state index in [4.69, 9.17) is 0 Å². The zero-order chi connectivity index (χ0) is 9.68. The molecule has 2 atom stereocenters. The normalized spacial score (nSPS) is 27.2. The van der Waals surface area contributed by atoms with Gasteiger partial charge in [0.05, 0.1) is 6.10 Å². The maximum Gasteiger partial charge on any atom is 0.0565 e. The minimum atomic E-state index is -0.0944. The summed E-state index contributed by atoms with van der Waals surface area (Å²) >= 11 is 0. The van der Waals surface area contributed by atoms with Crippen LogP contribution in [0.5, 0.6) is 0 Å². The molecule has 0 spiro atoms. The molecule has 1 aliphatic rings. The quantitative estimate of drug-likeness (QED) is 0.702. The largest absolute Gasteiger partial charge is 0.393 e. The molecule has 0 aromatic rings. The van der Waals surface area contributed by atoms with Gasteiger partial charge in [0.2, 0.25) is 0 Å². The highest BCUT2D eigenvalue weighted by Crippen LogP contribution is 2.21. The van der Waals surface area contributed by atoms with E-state index in [9.17, 15) is 5.11 Å². The Labute approximate surface area is 81.7 Å². The van der Waals surface area contributed by atoms with Crippen molar-refractivity contribution >= 4 is 0 Å². The van der Waals surface area contributed by atoms with Gasteiger partial charge in [-0.1, -0.05) is 13.8 Å². The van der Waals surface area contributed by atoms with Gasteiger partial charge in [-0.15, -0.1) is 0 Å². The average Bonchev–Trinajstić information content (AvgIpc) is 2.32. The predicted molar refractivity (Wildman–Crippen MR) is 55.7 cm³/mol. The van der Waals surface area contributed by atoms with Crippen LogP contribution in [0.1, 0.15) is 39.5 Å². The van der Waals surface area contributed by atoms with Gasteiger partial charge in [0.25, 0.3) is 0 Å². The van der Waals surface area contributed by atoms with Crippen LogP contribution in [0, 0.1) is 11.8 Å². The summed E-state index contributed by atoms with van der Waals surface area (Å²) in [5.74, 6) is 1.16. The smallest absolute Gasteiger partial charge is 0.0565 e. The number of hydrogen-bond acceptors (Lipinski definition) is 2. The van der Waals surface area contributed by atoms with Gasteiger partial charge in [-0.3, -0.25) is 0 Å². The molecule has 2 unspecified atom stereocenters. The van der Waals surface area contributed by atoms with Gasteiger partial charge in [-0.2, -0.15) is 0 Å². The summed E-state index contributed by atoms with van der Waals surface area (Å²) in [7, 11) is 0. The zero-order valence-electron chi connectivity index (χ0n) is 8.92. The molecule has 13 heavy (non-hydrogen) atoms. The monoisotopic (exact) mass is 185 g/mol. The SMILES string of the molecule is CC(C)C(O)CC1CCCNCC1. The number of hydrogen-bond donors (Lipinski definition) is 2. The second-order valence-electron chi connectivity index (χ2n) is 4.59. The molecular weight excluding hydrogens is 162 g/mol. The molecule has 0 aromatic heterocycles. The Balaban J connectivity index is 2.25. The van der Waals surface area contributed by atoms with E-state index in [1.54, 1.807) is 0 Å². The highest BCUT2D eigenvalue weighted by molar-refractivity contribution is 4.71. The third kappa shape index (κ3) is 4.10. The number of aliphatic hydroxyl groups is 1. The lowest BCUT2D eigenvalue weighted by molar-refractivity contribution is 0.0945. The van der Waals surface area contributed by atoms with Crippen LogP contribution in [0.2, 0.25) is 0 Å². The fourth-order valence-corrected chi connectivity index (χ4v) is 1.94. The number of aliphatic hydroxyl groups excluding tert-OH is 1. The molecule has 2 heteroatoms. The van der Waals surface area contributed by atoms with Crippen molar-refractivity contribution in [3.63, 3.8) is 0 Å². The highest BCUT2D eigenvalue weighted by atomic mass is 16.3. The van der Waals surface area contributed by atoms with Crippen molar-refractivity contribution in [3.8, 4) is 0 Å². The number of rotatable bonds is 3. The fourth-order valence-electron chi connectivity index (χ4n) is 1.94. The summed E-state index contributed by atoms with van der Waals surface area (Å²) < 4.78 is 0. The number of nitrogens with one attached hydrogen (secondary N) is 1. The van der Waals surface area contributed by atoms with Crippen molar-refractivity contribution in [2.24, 2.45) is 11.8 Å². The molecule has 1 aliphatic heterocycles. The summed E-state index contributed by atoms with van der Waals surface area (Å²) in [5.41, 5.74) is 0. The Morgan fingerprint density at radius 2 is 2.08 bits per heavy atom. The molecule has 1 rings (SSSR count). The van der Waals surface area contributed by atoms with Crippen LogP contribution in [0.15, 0.2) is 0 Å². The lowest BCUT2D eigenvalue weighted by Gasteiger charge is -2.20. The Kier molecular flexibility index (Phi) is 4.74. The second kappa shape index (κ2) is 5.61. The van der Waals surface area contributed by atoms with Crippen molar-refractivity contribution in [3.05, 3.63) is 0 Å². The molecule has 1 saturated heterocycles. The topological polar surface area (TPSA) is 32.3 Å². The maximum atomic E-state index is 9.75. The molecule has 0 radical (unpaired) electrons. The van der Waals surface area contributed by atoms with Gasteiger partial charge in [0, 0.05) is 0 Å². The minimum Gasteiger partial charge on any atom is -0.393 e. The van der Waals surface area contributed by atoms with Crippen molar-refractivity contribution in [1.82, 2.24) is 5.32 Å². The fraction of sp³-hybridized carbons (Fsp3) is 1.00. The summed E-state index contributed by atoms with van der Waals surface area (Å²) in [6.07, 6.45) is 4.71. The third-order valence-electron chi connectivity index (χ3n) is 3.04. The van der Waals surface area contributed by atoms with E-state index in [0.717, 1.165) is 25.4 Å². The first-order valence-electron chi connectivity index (χ1n) is 5.59. The van der Waals surface area contributed by atoms with Gasteiger partial charge in [0.15, 0.2) is 0 Å². The van der Waals surface area contributed by atoms with Gasteiger partial charge >= 0.3 is 0 Å². The van der Waals surface area contributed by atoms with E-state index in [1.807, 2.05) is 0 Å². The van der Waals surface area contributed by atoms with Gasteiger partial charge < -0.3 is 10.4 Å². The molecular formula is C11H23NO. The Hall–Kier alpha value is -0.0800. The van der Waals surface area contributed by atoms with Crippen molar-refractivity contribution in [2.75, 3.05) is 13.1 Å². The van der Waals surface area contributed by atoms with E-state index < -0.39 is 0 Å². The molecule has 2 N–H and O–H groups in total. The summed E-state index contributed by atoms with van der Waals surface area (Å²) in [6.45, 7) is 6.49. The lowest BCUT2D eigenvalue weighted by atomic mass is 9.90. The van der Waals surface area contributed by atoms with Crippen LogP contribution in [0.25, 0.3) is 0 Å². The molecule has 1 heterocycles. The first kappa shape index (κ1) is 11.0. The van der Waals surface area contributed by atoms with Gasteiger partial charge in [-0.25, -0.2) is 0 Å². The Morgan fingerprint density at radius 1 is 1.31 bits per heavy atom. The van der Waals surface area contributed by atoms with E-state index in [0.29, 0.717) is 5.92 Å². The zero-order valence-corrected chi connectivity index (χ0v) is 8.92. The minimum absolute atomic E-state index is 0.0944. The van der Waals surface area contributed by atoms with Crippen LogP contribution >= 0.6 is 0 Å². The van der Waals surface area contributed by atoms with E-state index in [1.165, 1.54) is 19.3 Å². The molecule has 0 bridgehead atoms. The first-order chi connectivity index (χ1) is 6.20. The van der Waals surface area contributed by atoms with Crippen LogP contribution in [0.4, 0.5) is 0 Å². The first-order valence-corrected chi connectivity index (χ1v) is 5.59. The van der Waals surface area contributed by atoms with Crippen LogP contribution in [-0.4, -0.2) is 24.3 Å². The van der Waals surface area contributed by atoms with E-state index >= 15 is 0 Å². The summed E-state index contributed by atoms with van der Waals surface area (Å²) in [6, 6.07) is 0. The van der Waals surface area contributed by atoms with E-state index in [2.05, 4.69) is 19.2 Å². The summed E-state index contributed by atoms with van der Waals surface area (Å²) in [4.78, 5) is 0. The molecule has 0 amide bonds. The third-order valence-corrected chi connectivity index (χ3v) is 3.04. The molecule has 0 aliphatic carbocycles. The maximum absolute atomic E-state index is 9.75. The predicted octanol–water partition coefficient (Wildman–Crippen LogP) is 1.78. The molecule has 2 nitrogen and oxygen atoms in total. The summed E-state index contributed by atoms with van der Waals surface area (Å²) in [5, 5.41) is 13.1. The van der Waals surface area contributed by atoms with Crippen LogP contribution in [0.3, 0.4) is 0 Å². The molecule has 1 fully saturated rings. The molecule has 78 valence electrons.